The van der Waals surface area contributed by atoms with Crippen molar-refractivity contribution in [3.63, 3.8) is 0 Å². The van der Waals surface area contributed by atoms with Crippen molar-refractivity contribution < 1.29 is 0 Å². The maximum Gasteiger partial charge on any atom is 0.191 e. The van der Waals surface area contributed by atoms with Crippen molar-refractivity contribution in [3.05, 3.63) is 34.3 Å². The summed E-state index contributed by atoms with van der Waals surface area (Å²) in [5, 5.41) is 7.03. The molecule has 2 N–H and O–H groups in total. The Morgan fingerprint density at radius 1 is 1.16 bits per heavy atom. The zero-order valence-electron chi connectivity index (χ0n) is 15.0. The van der Waals surface area contributed by atoms with Crippen LogP contribution in [-0.4, -0.2) is 43.1 Å². The zero-order valence-corrected chi connectivity index (χ0v) is 18.9. The minimum atomic E-state index is 0. The SMILES string of the molecule is CCNC(=NCC1CC1)NC1CCN(Cc2ccc(Br)cc2)CC1.I. The molecule has 140 valence electrons. The second kappa shape index (κ2) is 10.7. The third-order valence-electron chi connectivity index (χ3n) is 4.80. The lowest BCUT2D eigenvalue weighted by Crippen LogP contribution is -2.48. The lowest BCUT2D eigenvalue weighted by atomic mass is 10.0. The number of nitrogens with one attached hydrogen (secondary N) is 2. The van der Waals surface area contributed by atoms with Gasteiger partial charge >= 0.3 is 0 Å². The molecule has 1 aromatic rings. The van der Waals surface area contributed by atoms with E-state index >= 15 is 0 Å². The Balaban J connectivity index is 0.00000225. The van der Waals surface area contributed by atoms with E-state index in [-0.39, 0.29) is 24.0 Å². The highest BCUT2D eigenvalue weighted by Crippen LogP contribution is 2.28. The molecule has 1 saturated carbocycles. The number of aliphatic imine (C=N–C) groups is 1. The molecular formula is C19H30BrIN4. The highest BCUT2D eigenvalue weighted by Gasteiger charge is 2.22. The van der Waals surface area contributed by atoms with Crippen LogP contribution in [0.3, 0.4) is 0 Å². The summed E-state index contributed by atoms with van der Waals surface area (Å²) in [6.07, 6.45) is 5.09. The number of nitrogens with zero attached hydrogens (tertiary/aromatic N) is 2. The predicted molar refractivity (Wildman–Crippen MR) is 120 cm³/mol. The summed E-state index contributed by atoms with van der Waals surface area (Å²) >= 11 is 3.50. The van der Waals surface area contributed by atoms with Crippen molar-refractivity contribution in [2.24, 2.45) is 10.9 Å². The molecule has 1 aliphatic carbocycles. The third kappa shape index (κ3) is 7.43. The summed E-state index contributed by atoms with van der Waals surface area (Å²) in [4.78, 5) is 7.29. The van der Waals surface area contributed by atoms with Crippen LogP contribution in [0.25, 0.3) is 0 Å². The van der Waals surface area contributed by atoms with Crippen LogP contribution in [-0.2, 0) is 6.54 Å². The first-order valence-electron chi connectivity index (χ1n) is 9.24. The average Bonchev–Trinajstić information content (AvgIpc) is 3.41. The Hall–Kier alpha value is -0.340. The molecule has 2 fully saturated rings. The molecule has 1 aromatic carbocycles. The van der Waals surface area contributed by atoms with Gasteiger partial charge < -0.3 is 10.6 Å². The number of piperidine rings is 1. The first-order valence-corrected chi connectivity index (χ1v) is 10.0. The molecule has 0 aromatic heterocycles. The fourth-order valence-corrected chi connectivity index (χ4v) is 3.38. The molecule has 0 bridgehead atoms. The van der Waals surface area contributed by atoms with E-state index in [0.717, 1.165) is 49.1 Å². The van der Waals surface area contributed by atoms with E-state index in [4.69, 9.17) is 4.99 Å². The van der Waals surface area contributed by atoms with Crippen LogP contribution in [0.15, 0.2) is 33.7 Å². The Bertz CT molecular complexity index is 537. The highest BCUT2D eigenvalue weighted by atomic mass is 127. The third-order valence-corrected chi connectivity index (χ3v) is 5.33. The summed E-state index contributed by atoms with van der Waals surface area (Å²) in [6.45, 7) is 7.40. The number of rotatable bonds is 6. The lowest BCUT2D eigenvalue weighted by Gasteiger charge is -2.33. The largest absolute Gasteiger partial charge is 0.357 e. The van der Waals surface area contributed by atoms with Gasteiger partial charge in [0.25, 0.3) is 0 Å². The maximum atomic E-state index is 4.74. The predicted octanol–water partition coefficient (Wildman–Crippen LogP) is 4.00. The Morgan fingerprint density at radius 3 is 2.44 bits per heavy atom. The van der Waals surface area contributed by atoms with Crippen molar-refractivity contribution in [1.82, 2.24) is 15.5 Å². The fraction of sp³-hybridized carbons (Fsp3) is 0.632. The van der Waals surface area contributed by atoms with Crippen LogP contribution in [0.1, 0.15) is 38.2 Å². The number of hydrogen-bond donors (Lipinski definition) is 2. The van der Waals surface area contributed by atoms with Crippen LogP contribution < -0.4 is 10.6 Å². The maximum absolute atomic E-state index is 4.74. The van der Waals surface area contributed by atoms with Gasteiger partial charge in [0.15, 0.2) is 5.96 Å². The van der Waals surface area contributed by atoms with E-state index in [2.05, 4.69) is 62.7 Å². The monoisotopic (exact) mass is 520 g/mol. The molecule has 4 nitrogen and oxygen atoms in total. The number of guanidine groups is 1. The number of benzene rings is 1. The Morgan fingerprint density at radius 2 is 1.84 bits per heavy atom. The van der Waals surface area contributed by atoms with E-state index in [9.17, 15) is 0 Å². The number of hydrogen-bond acceptors (Lipinski definition) is 2. The summed E-state index contributed by atoms with van der Waals surface area (Å²) in [5.74, 6) is 1.85. The summed E-state index contributed by atoms with van der Waals surface area (Å²) in [7, 11) is 0. The summed E-state index contributed by atoms with van der Waals surface area (Å²) < 4.78 is 1.15. The highest BCUT2D eigenvalue weighted by molar-refractivity contribution is 14.0. The molecule has 25 heavy (non-hydrogen) atoms. The van der Waals surface area contributed by atoms with Gasteiger partial charge in [-0.05, 0) is 56.2 Å². The van der Waals surface area contributed by atoms with Crippen LogP contribution in [0.4, 0.5) is 0 Å². The standard InChI is InChI=1S/C19H29BrN4.HI/c1-2-21-19(22-13-15-3-4-15)23-18-9-11-24(12-10-18)14-16-5-7-17(20)8-6-16;/h5-8,15,18H,2-4,9-14H2,1H3,(H2,21,22,23);1H. The van der Waals surface area contributed by atoms with E-state index in [0.29, 0.717) is 6.04 Å². The van der Waals surface area contributed by atoms with Crippen molar-refractivity contribution >= 4 is 45.9 Å². The van der Waals surface area contributed by atoms with Gasteiger partial charge in [0.1, 0.15) is 0 Å². The van der Waals surface area contributed by atoms with Gasteiger partial charge in [-0.2, -0.15) is 0 Å². The first kappa shape index (κ1) is 21.0. The molecule has 0 spiro atoms. The molecule has 0 atom stereocenters. The van der Waals surface area contributed by atoms with Gasteiger partial charge in [0.05, 0.1) is 0 Å². The van der Waals surface area contributed by atoms with Crippen LogP contribution in [0.2, 0.25) is 0 Å². The van der Waals surface area contributed by atoms with Crippen molar-refractivity contribution in [2.75, 3.05) is 26.2 Å². The molecule has 1 saturated heterocycles. The van der Waals surface area contributed by atoms with Gasteiger partial charge in [-0.15, -0.1) is 24.0 Å². The molecular weight excluding hydrogens is 491 g/mol. The first-order chi connectivity index (χ1) is 11.7. The van der Waals surface area contributed by atoms with E-state index in [1.165, 1.54) is 31.2 Å². The number of likely N-dealkylation sites (tertiary alicyclic amines) is 1. The Labute approximate surface area is 177 Å². The minimum absolute atomic E-state index is 0. The summed E-state index contributed by atoms with van der Waals surface area (Å²) in [5.41, 5.74) is 1.39. The molecule has 0 unspecified atom stereocenters. The van der Waals surface area contributed by atoms with Crippen LogP contribution >= 0.6 is 39.9 Å². The van der Waals surface area contributed by atoms with E-state index < -0.39 is 0 Å². The second-order valence-electron chi connectivity index (χ2n) is 6.98. The summed E-state index contributed by atoms with van der Waals surface area (Å²) in [6, 6.07) is 9.22. The van der Waals surface area contributed by atoms with Gasteiger partial charge in [-0.25, -0.2) is 0 Å². The number of halogens is 2. The van der Waals surface area contributed by atoms with E-state index in [1.54, 1.807) is 0 Å². The molecule has 2 aliphatic rings. The second-order valence-corrected chi connectivity index (χ2v) is 7.90. The molecule has 6 heteroatoms. The lowest BCUT2D eigenvalue weighted by molar-refractivity contribution is 0.198. The topological polar surface area (TPSA) is 39.7 Å². The van der Waals surface area contributed by atoms with Gasteiger partial charge in [-0.3, -0.25) is 9.89 Å². The Kier molecular flexibility index (Phi) is 8.99. The quantitative estimate of drug-likeness (QED) is 0.338. The molecule has 1 heterocycles. The zero-order chi connectivity index (χ0) is 16.8. The van der Waals surface area contributed by atoms with Gasteiger partial charge in [0, 0.05) is 43.2 Å². The van der Waals surface area contributed by atoms with E-state index in [1.807, 2.05) is 0 Å². The van der Waals surface area contributed by atoms with Gasteiger partial charge in [-0.1, -0.05) is 28.1 Å². The van der Waals surface area contributed by atoms with Crippen LogP contribution in [0, 0.1) is 5.92 Å². The molecule has 0 radical (unpaired) electrons. The molecule has 1 aliphatic heterocycles. The minimum Gasteiger partial charge on any atom is -0.357 e. The molecule has 3 rings (SSSR count). The average molecular weight is 521 g/mol. The van der Waals surface area contributed by atoms with Crippen molar-refractivity contribution in [3.8, 4) is 0 Å². The van der Waals surface area contributed by atoms with Crippen LogP contribution in [0.5, 0.6) is 0 Å². The van der Waals surface area contributed by atoms with Crippen molar-refractivity contribution in [1.29, 1.82) is 0 Å². The smallest absolute Gasteiger partial charge is 0.191 e. The van der Waals surface area contributed by atoms with Gasteiger partial charge in [0.2, 0.25) is 0 Å². The molecule has 0 amide bonds. The van der Waals surface area contributed by atoms with Crippen molar-refractivity contribution in [2.45, 2.75) is 45.2 Å². The normalized spacial score (nSPS) is 19.4. The fourth-order valence-electron chi connectivity index (χ4n) is 3.12.